The summed E-state index contributed by atoms with van der Waals surface area (Å²) in [5.41, 5.74) is 0. The lowest BCUT2D eigenvalue weighted by molar-refractivity contribution is 0.0599. The summed E-state index contributed by atoms with van der Waals surface area (Å²) in [6.07, 6.45) is 11.3. The van der Waals surface area contributed by atoms with Gasteiger partial charge in [-0.25, -0.2) is 0 Å². The van der Waals surface area contributed by atoms with E-state index in [0.29, 0.717) is 6.10 Å². The molecule has 0 saturated heterocycles. The third kappa shape index (κ3) is 3.46. The van der Waals surface area contributed by atoms with Crippen molar-refractivity contribution in [3.8, 4) is 0 Å². The van der Waals surface area contributed by atoms with Crippen LogP contribution >= 0.6 is 0 Å². The maximum Gasteiger partial charge on any atom is 0.0572 e. The summed E-state index contributed by atoms with van der Waals surface area (Å²) >= 11 is 0. The fraction of sp³-hybridized carbons (Fsp3) is 1.00. The van der Waals surface area contributed by atoms with Gasteiger partial charge in [0.05, 0.1) is 6.10 Å². The predicted octanol–water partition coefficient (Wildman–Crippen LogP) is 3.11. The van der Waals surface area contributed by atoms with Gasteiger partial charge in [0, 0.05) is 19.2 Å². The van der Waals surface area contributed by atoms with E-state index < -0.39 is 0 Å². The second-order valence-corrected chi connectivity index (χ2v) is 5.84. The molecule has 1 N–H and O–H groups in total. The highest BCUT2D eigenvalue weighted by Gasteiger charge is 2.25. The maximum atomic E-state index is 5.42. The largest absolute Gasteiger partial charge is 0.381 e. The highest BCUT2D eigenvalue weighted by Crippen LogP contribution is 2.26. The molecule has 0 radical (unpaired) electrons. The number of rotatable bonds is 3. The Balaban J connectivity index is 1.69. The van der Waals surface area contributed by atoms with Gasteiger partial charge in [-0.2, -0.15) is 0 Å². The average molecular weight is 225 g/mol. The van der Waals surface area contributed by atoms with Crippen molar-refractivity contribution in [1.82, 2.24) is 5.32 Å². The van der Waals surface area contributed by atoms with E-state index in [-0.39, 0.29) is 0 Å². The van der Waals surface area contributed by atoms with Gasteiger partial charge in [-0.05, 0) is 44.4 Å². The minimum atomic E-state index is 0.531. The van der Waals surface area contributed by atoms with Crippen LogP contribution in [0.3, 0.4) is 0 Å². The van der Waals surface area contributed by atoms with Crippen LogP contribution in [0.4, 0.5) is 0 Å². The molecule has 2 aliphatic carbocycles. The summed E-state index contributed by atoms with van der Waals surface area (Å²) in [4.78, 5) is 0. The lowest BCUT2D eigenvalue weighted by Crippen LogP contribution is -2.43. The van der Waals surface area contributed by atoms with Gasteiger partial charge >= 0.3 is 0 Å². The van der Waals surface area contributed by atoms with Gasteiger partial charge in [0.1, 0.15) is 0 Å². The first-order valence-electron chi connectivity index (χ1n) is 7.06. The van der Waals surface area contributed by atoms with E-state index in [1.807, 2.05) is 7.11 Å². The third-order valence-electron chi connectivity index (χ3n) is 4.42. The predicted molar refractivity (Wildman–Crippen MR) is 67.6 cm³/mol. The number of hydrogen-bond acceptors (Lipinski definition) is 2. The topological polar surface area (TPSA) is 21.3 Å². The molecule has 2 saturated carbocycles. The highest BCUT2D eigenvalue weighted by atomic mass is 16.5. The first-order chi connectivity index (χ1) is 7.78. The molecule has 0 amide bonds. The zero-order valence-corrected chi connectivity index (χ0v) is 10.9. The van der Waals surface area contributed by atoms with Gasteiger partial charge in [-0.1, -0.05) is 19.8 Å². The van der Waals surface area contributed by atoms with Gasteiger partial charge in [-0.15, -0.1) is 0 Å². The molecule has 0 aromatic rings. The van der Waals surface area contributed by atoms with Crippen molar-refractivity contribution >= 4 is 0 Å². The maximum absolute atomic E-state index is 5.42. The summed E-state index contributed by atoms with van der Waals surface area (Å²) in [5.74, 6) is 0.932. The second-order valence-electron chi connectivity index (χ2n) is 5.84. The van der Waals surface area contributed by atoms with E-state index in [4.69, 9.17) is 4.74 Å². The molecule has 2 atom stereocenters. The lowest BCUT2D eigenvalue weighted by Gasteiger charge is -2.34. The SMILES string of the molecule is COC1CCC(NC2CCCC(C)C2)CC1. The van der Waals surface area contributed by atoms with Crippen LogP contribution in [-0.2, 0) is 4.74 Å². The van der Waals surface area contributed by atoms with Crippen LogP contribution in [0, 0.1) is 5.92 Å². The lowest BCUT2D eigenvalue weighted by atomic mass is 9.85. The van der Waals surface area contributed by atoms with Crippen molar-refractivity contribution in [3.05, 3.63) is 0 Å². The summed E-state index contributed by atoms with van der Waals surface area (Å²) in [6.45, 7) is 2.40. The van der Waals surface area contributed by atoms with E-state index in [9.17, 15) is 0 Å². The Kier molecular flexibility index (Phi) is 4.66. The summed E-state index contributed by atoms with van der Waals surface area (Å²) in [5, 5.41) is 3.88. The van der Waals surface area contributed by atoms with E-state index in [1.165, 1.54) is 51.4 Å². The molecule has 2 aliphatic rings. The zero-order valence-electron chi connectivity index (χ0n) is 10.9. The van der Waals surface area contributed by atoms with Crippen LogP contribution in [-0.4, -0.2) is 25.3 Å². The van der Waals surface area contributed by atoms with Gasteiger partial charge in [0.2, 0.25) is 0 Å². The van der Waals surface area contributed by atoms with Crippen LogP contribution in [0.2, 0.25) is 0 Å². The Bertz CT molecular complexity index is 199. The molecule has 2 rings (SSSR count). The Morgan fingerprint density at radius 2 is 1.69 bits per heavy atom. The minimum absolute atomic E-state index is 0.531. The molecule has 2 fully saturated rings. The van der Waals surface area contributed by atoms with Crippen molar-refractivity contribution in [2.24, 2.45) is 5.92 Å². The molecule has 0 heterocycles. The third-order valence-corrected chi connectivity index (χ3v) is 4.42. The number of methoxy groups -OCH3 is 1. The van der Waals surface area contributed by atoms with Crippen molar-refractivity contribution in [3.63, 3.8) is 0 Å². The average Bonchev–Trinajstić information content (AvgIpc) is 2.30. The fourth-order valence-corrected chi connectivity index (χ4v) is 3.38. The van der Waals surface area contributed by atoms with Crippen LogP contribution < -0.4 is 5.32 Å². The highest BCUT2D eigenvalue weighted by molar-refractivity contribution is 4.83. The Hall–Kier alpha value is -0.0800. The smallest absolute Gasteiger partial charge is 0.0572 e. The first kappa shape index (κ1) is 12.4. The minimum Gasteiger partial charge on any atom is -0.381 e. The van der Waals surface area contributed by atoms with Crippen LogP contribution in [0.5, 0.6) is 0 Å². The van der Waals surface area contributed by atoms with Crippen molar-refractivity contribution < 1.29 is 4.74 Å². The molecule has 94 valence electrons. The molecular formula is C14H27NO. The zero-order chi connectivity index (χ0) is 11.4. The molecular weight excluding hydrogens is 198 g/mol. The quantitative estimate of drug-likeness (QED) is 0.797. The molecule has 0 aliphatic heterocycles. The van der Waals surface area contributed by atoms with E-state index in [2.05, 4.69) is 12.2 Å². The summed E-state index contributed by atoms with van der Waals surface area (Å²) in [7, 11) is 1.85. The monoisotopic (exact) mass is 225 g/mol. The standard InChI is InChI=1S/C14H27NO/c1-11-4-3-5-13(10-11)15-12-6-8-14(16-2)9-7-12/h11-15H,3-10H2,1-2H3. The van der Waals surface area contributed by atoms with Gasteiger partial charge < -0.3 is 10.1 Å². The first-order valence-corrected chi connectivity index (χ1v) is 7.06. The van der Waals surface area contributed by atoms with E-state index in [0.717, 1.165) is 18.0 Å². The summed E-state index contributed by atoms with van der Waals surface area (Å²) in [6, 6.07) is 1.56. The molecule has 2 heteroatoms. The number of ether oxygens (including phenoxy) is 1. The molecule has 0 aromatic carbocycles. The van der Waals surface area contributed by atoms with Gasteiger partial charge in [0.25, 0.3) is 0 Å². The molecule has 0 aromatic heterocycles. The van der Waals surface area contributed by atoms with E-state index in [1.54, 1.807) is 0 Å². The number of hydrogen-bond donors (Lipinski definition) is 1. The Morgan fingerprint density at radius 1 is 0.938 bits per heavy atom. The van der Waals surface area contributed by atoms with Gasteiger partial charge in [0.15, 0.2) is 0 Å². The second kappa shape index (κ2) is 6.02. The van der Waals surface area contributed by atoms with Crippen LogP contribution in [0.25, 0.3) is 0 Å². The Morgan fingerprint density at radius 3 is 2.31 bits per heavy atom. The van der Waals surface area contributed by atoms with Crippen molar-refractivity contribution in [2.75, 3.05) is 7.11 Å². The number of nitrogens with one attached hydrogen (secondary N) is 1. The van der Waals surface area contributed by atoms with Crippen molar-refractivity contribution in [1.29, 1.82) is 0 Å². The molecule has 0 spiro atoms. The fourth-order valence-electron chi connectivity index (χ4n) is 3.38. The molecule has 0 bridgehead atoms. The van der Waals surface area contributed by atoms with Gasteiger partial charge in [-0.3, -0.25) is 0 Å². The molecule has 16 heavy (non-hydrogen) atoms. The summed E-state index contributed by atoms with van der Waals surface area (Å²) < 4.78 is 5.42. The normalized spacial score (nSPS) is 40.9. The Labute approximate surface area is 100 Å². The van der Waals surface area contributed by atoms with E-state index >= 15 is 0 Å². The van der Waals surface area contributed by atoms with Crippen LogP contribution in [0.1, 0.15) is 58.3 Å². The van der Waals surface area contributed by atoms with Crippen molar-refractivity contribution in [2.45, 2.75) is 76.5 Å². The molecule has 2 unspecified atom stereocenters. The molecule has 2 nitrogen and oxygen atoms in total. The van der Waals surface area contributed by atoms with Crippen LogP contribution in [0.15, 0.2) is 0 Å².